The lowest BCUT2D eigenvalue weighted by atomic mass is 9.88. The van der Waals surface area contributed by atoms with E-state index >= 15 is 0 Å². The Morgan fingerprint density at radius 1 is 1.69 bits per heavy atom. The molecular weight excluding hydrogens is 218 g/mol. The molecule has 1 fully saturated rings. The van der Waals surface area contributed by atoms with Gasteiger partial charge in [-0.3, -0.25) is 4.79 Å². The fourth-order valence-electron chi connectivity index (χ4n) is 1.86. The van der Waals surface area contributed by atoms with Gasteiger partial charge in [0.15, 0.2) is 0 Å². The van der Waals surface area contributed by atoms with E-state index in [1.165, 1.54) is 4.88 Å². The molecule has 1 atom stereocenters. The minimum atomic E-state index is -0.448. The summed E-state index contributed by atoms with van der Waals surface area (Å²) in [5, 5.41) is 2.06. The normalized spacial score (nSPS) is 20.4. The molecule has 16 heavy (non-hydrogen) atoms. The lowest BCUT2D eigenvalue weighted by Gasteiger charge is -2.43. The first kappa shape index (κ1) is 11.4. The molecule has 0 bridgehead atoms. The average Bonchev–Trinajstić information content (AvgIpc) is 2.69. The van der Waals surface area contributed by atoms with E-state index < -0.39 is 5.41 Å². The van der Waals surface area contributed by atoms with Crippen molar-refractivity contribution in [2.45, 2.75) is 26.3 Å². The highest BCUT2D eigenvalue weighted by Crippen LogP contribution is 2.38. The van der Waals surface area contributed by atoms with Crippen LogP contribution < -0.4 is 0 Å². The van der Waals surface area contributed by atoms with Crippen LogP contribution in [0.1, 0.15) is 31.2 Å². The molecule has 0 spiro atoms. The predicted molar refractivity (Wildman–Crippen MR) is 67.4 cm³/mol. The van der Waals surface area contributed by atoms with Gasteiger partial charge in [-0.2, -0.15) is 0 Å². The second-order valence-corrected chi connectivity index (χ2v) is 5.72. The molecule has 0 radical (unpaired) electrons. The minimum absolute atomic E-state index is 0.187. The second-order valence-electron chi connectivity index (χ2n) is 4.74. The first-order chi connectivity index (χ1) is 7.56. The number of amides is 1. The van der Waals surface area contributed by atoms with Crippen LogP contribution in [0.15, 0.2) is 30.2 Å². The third-order valence-electron chi connectivity index (χ3n) is 3.21. The molecule has 1 aromatic rings. The molecule has 1 unspecified atom stereocenters. The molecule has 1 aromatic heterocycles. The van der Waals surface area contributed by atoms with E-state index in [4.69, 9.17) is 0 Å². The molecule has 0 saturated carbocycles. The summed E-state index contributed by atoms with van der Waals surface area (Å²) in [5.74, 6) is 0.187. The van der Waals surface area contributed by atoms with Gasteiger partial charge in [-0.1, -0.05) is 12.1 Å². The standard InChI is InChI=1S/C13H17NOS/c1-4-13(2,3)12(15)14-8-7-10(14)11-6-5-9-16-11/h4-6,9-10H,1,7-8H2,2-3H3. The molecule has 2 heterocycles. The Morgan fingerprint density at radius 2 is 2.44 bits per heavy atom. The number of rotatable bonds is 3. The van der Waals surface area contributed by atoms with E-state index in [0.29, 0.717) is 6.04 Å². The van der Waals surface area contributed by atoms with Gasteiger partial charge in [0.2, 0.25) is 5.91 Å². The van der Waals surface area contributed by atoms with Crippen molar-refractivity contribution in [2.75, 3.05) is 6.54 Å². The van der Waals surface area contributed by atoms with E-state index in [1.54, 1.807) is 17.4 Å². The summed E-state index contributed by atoms with van der Waals surface area (Å²) in [4.78, 5) is 15.5. The van der Waals surface area contributed by atoms with Crippen LogP contribution in [-0.4, -0.2) is 17.4 Å². The third kappa shape index (κ3) is 1.80. The Kier molecular flexibility index (Phi) is 2.89. The minimum Gasteiger partial charge on any atom is -0.334 e. The maximum atomic E-state index is 12.2. The van der Waals surface area contributed by atoms with Gasteiger partial charge in [0.05, 0.1) is 11.5 Å². The molecule has 0 aliphatic carbocycles. The quantitative estimate of drug-likeness (QED) is 0.737. The molecule has 1 aliphatic heterocycles. The number of thiophene rings is 1. The lowest BCUT2D eigenvalue weighted by molar-refractivity contribution is -0.146. The highest BCUT2D eigenvalue weighted by Gasteiger charge is 2.39. The fraction of sp³-hybridized carbons (Fsp3) is 0.462. The van der Waals surface area contributed by atoms with Crippen LogP contribution in [0.5, 0.6) is 0 Å². The molecule has 3 heteroatoms. The zero-order valence-electron chi connectivity index (χ0n) is 9.77. The summed E-state index contributed by atoms with van der Waals surface area (Å²) in [7, 11) is 0. The summed E-state index contributed by atoms with van der Waals surface area (Å²) in [6, 6.07) is 4.45. The van der Waals surface area contributed by atoms with Gasteiger partial charge >= 0.3 is 0 Å². The zero-order valence-corrected chi connectivity index (χ0v) is 10.6. The van der Waals surface area contributed by atoms with Crippen LogP contribution in [0.25, 0.3) is 0 Å². The van der Waals surface area contributed by atoms with Gasteiger partial charge in [-0.25, -0.2) is 0 Å². The van der Waals surface area contributed by atoms with E-state index in [-0.39, 0.29) is 5.91 Å². The SMILES string of the molecule is C=CC(C)(C)C(=O)N1CCC1c1cccs1. The van der Waals surface area contributed by atoms with Gasteiger partial charge in [0.1, 0.15) is 0 Å². The van der Waals surface area contributed by atoms with Gasteiger partial charge in [-0.05, 0) is 31.7 Å². The van der Waals surface area contributed by atoms with Crippen LogP contribution >= 0.6 is 11.3 Å². The van der Waals surface area contributed by atoms with Gasteiger partial charge in [0, 0.05) is 11.4 Å². The van der Waals surface area contributed by atoms with Gasteiger partial charge in [-0.15, -0.1) is 17.9 Å². The van der Waals surface area contributed by atoms with Crippen LogP contribution in [0.2, 0.25) is 0 Å². The first-order valence-electron chi connectivity index (χ1n) is 5.54. The Hall–Kier alpha value is -1.09. The van der Waals surface area contributed by atoms with Crippen molar-refractivity contribution in [1.29, 1.82) is 0 Å². The largest absolute Gasteiger partial charge is 0.334 e. The molecule has 1 saturated heterocycles. The molecule has 2 nitrogen and oxygen atoms in total. The number of hydrogen-bond acceptors (Lipinski definition) is 2. The van der Waals surface area contributed by atoms with Crippen LogP contribution in [0.4, 0.5) is 0 Å². The fourth-order valence-corrected chi connectivity index (χ4v) is 2.74. The Labute approximate surface area is 101 Å². The summed E-state index contributed by atoms with van der Waals surface area (Å²) >= 11 is 1.73. The smallest absolute Gasteiger partial charge is 0.232 e. The molecule has 1 amide bonds. The van der Waals surface area contributed by atoms with Gasteiger partial charge in [0.25, 0.3) is 0 Å². The number of nitrogens with zero attached hydrogens (tertiary/aromatic N) is 1. The van der Waals surface area contributed by atoms with Crippen LogP contribution in [0.3, 0.4) is 0 Å². The van der Waals surface area contributed by atoms with Crippen molar-refractivity contribution in [2.24, 2.45) is 5.41 Å². The topological polar surface area (TPSA) is 20.3 Å². The van der Waals surface area contributed by atoms with Crippen molar-refractivity contribution in [3.63, 3.8) is 0 Å². The van der Waals surface area contributed by atoms with Gasteiger partial charge < -0.3 is 4.90 Å². The average molecular weight is 235 g/mol. The van der Waals surface area contributed by atoms with Crippen molar-refractivity contribution in [3.05, 3.63) is 35.0 Å². The highest BCUT2D eigenvalue weighted by molar-refractivity contribution is 7.10. The summed E-state index contributed by atoms with van der Waals surface area (Å²) in [6.45, 7) is 8.46. The second kappa shape index (κ2) is 4.06. The van der Waals surface area contributed by atoms with Crippen molar-refractivity contribution in [1.82, 2.24) is 4.90 Å². The molecule has 1 aliphatic rings. The molecule has 86 valence electrons. The Morgan fingerprint density at radius 3 is 2.88 bits per heavy atom. The molecule has 2 rings (SSSR count). The van der Waals surface area contributed by atoms with Crippen molar-refractivity contribution < 1.29 is 4.79 Å². The summed E-state index contributed by atoms with van der Waals surface area (Å²) in [5.41, 5.74) is -0.448. The summed E-state index contributed by atoms with van der Waals surface area (Å²) in [6.07, 6.45) is 2.82. The van der Waals surface area contributed by atoms with E-state index in [0.717, 1.165) is 13.0 Å². The number of likely N-dealkylation sites (tertiary alicyclic amines) is 1. The number of hydrogen-bond donors (Lipinski definition) is 0. The predicted octanol–water partition coefficient (Wildman–Crippen LogP) is 3.23. The number of carbonyl (C=O) groups excluding carboxylic acids is 1. The lowest BCUT2D eigenvalue weighted by Crippen LogP contribution is -2.49. The van der Waals surface area contributed by atoms with Crippen molar-refractivity contribution >= 4 is 17.2 Å². The van der Waals surface area contributed by atoms with E-state index in [9.17, 15) is 4.79 Å². The monoisotopic (exact) mass is 235 g/mol. The zero-order chi connectivity index (χ0) is 11.8. The summed E-state index contributed by atoms with van der Waals surface area (Å²) < 4.78 is 0. The van der Waals surface area contributed by atoms with Crippen molar-refractivity contribution in [3.8, 4) is 0 Å². The Balaban J connectivity index is 2.13. The molecule has 0 N–H and O–H groups in total. The van der Waals surface area contributed by atoms with E-state index in [1.807, 2.05) is 24.8 Å². The number of carbonyl (C=O) groups is 1. The van der Waals surface area contributed by atoms with Crippen LogP contribution in [0, 0.1) is 5.41 Å². The van der Waals surface area contributed by atoms with Crippen LogP contribution in [-0.2, 0) is 4.79 Å². The third-order valence-corrected chi connectivity index (χ3v) is 4.19. The molecule has 0 aromatic carbocycles. The van der Waals surface area contributed by atoms with E-state index in [2.05, 4.69) is 18.0 Å². The highest BCUT2D eigenvalue weighted by atomic mass is 32.1. The molecular formula is C13H17NOS. The first-order valence-corrected chi connectivity index (χ1v) is 6.42. The Bertz CT molecular complexity index is 394. The maximum Gasteiger partial charge on any atom is 0.232 e. The maximum absolute atomic E-state index is 12.2.